The number of carbonyl (C=O) groups excluding carboxylic acids is 1. The second kappa shape index (κ2) is 6.64. The fraction of sp³-hybridized carbons (Fsp3) is 0.133. The van der Waals surface area contributed by atoms with Gasteiger partial charge in [0.1, 0.15) is 5.60 Å². The minimum absolute atomic E-state index is 0.137. The van der Waals surface area contributed by atoms with Crippen LogP contribution in [0.1, 0.15) is 20.1 Å². The second-order valence-electron chi connectivity index (χ2n) is 4.66. The predicted molar refractivity (Wildman–Crippen MR) is 96.0 cm³/mol. The Kier molecular flexibility index (Phi) is 4.79. The van der Waals surface area contributed by atoms with E-state index in [0.717, 1.165) is 14.9 Å². The number of carbonyl (C=O) groups is 1. The molecule has 0 spiro atoms. The highest BCUT2D eigenvalue weighted by molar-refractivity contribution is 9.10. The van der Waals surface area contributed by atoms with Crippen LogP contribution in [0, 0.1) is 0 Å². The van der Waals surface area contributed by atoms with Crippen LogP contribution in [0.15, 0.2) is 50.3 Å². The summed E-state index contributed by atoms with van der Waals surface area (Å²) in [5, 5.41) is 21.6. The van der Waals surface area contributed by atoms with E-state index in [1.54, 1.807) is 6.07 Å². The number of aliphatic hydroxyl groups is 1. The lowest BCUT2D eigenvalue weighted by Crippen LogP contribution is -2.40. The number of hydrogen-bond donors (Lipinski definition) is 2. The van der Waals surface area contributed by atoms with Gasteiger partial charge in [0.05, 0.1) is 11.4 Å². The molecule has 0 aliphatic rings. The average Bonchev–Trinajstić information content (AvgIpc) is 3.24. The Balaban J connectivity index is 1.81. The number of amides is 1. The van der Waals surface area contributed by atoms with Gasteiger partial charge in [0.15, 0.2) is 0 Å². The van der Waals surface area contributed by atoms with Crippen LogP contribution < -0.4 is 5.32 Å². The Bertz CT molecular complexity index is 715. The summed E-state index contributed by atoms with van der Waals surface area (Å²) in [4.78, 5) is 13.7. The van der Waals surface area contributed by atoms with Gasteiger partial charge in [0.25, 0.3) is 5.91 Å². The standard InChI is InChI=1S/C15H12BrNO2S3/c16-11-6-12(22-8-11)14(18)17-9-15(19,10-3-5-20-7-10)13-2-1-4-21-13/h1-8,19H,9H2,(H,17,18). The van der Waals surface area contributed by atoms with Crippen molar-refractivity contribution in [2.75, 3.05) is 6.54 Å². The zero-order chi connectivity index (χ0) is 15.6. The first-order valence-corrected chi connectivity index (χ1v) is 9.90. The molecule has 7 heteroatoms. The van der Waals surface area contributed by atoms with E-state index < -0.39 is 5.60 Å². The van der Waals surface area contributed by atoms with E-state index >= 15 is 0 Å². The van der Waals surface area contributed by atoms with Gasteiger partial charge >= 0.3 is 0 Å². The molecule has 2 N–H and O–H groups in total. The normalized spacial score (nSPS) is 13.7. The molecule has 3 nitrogen and oxygen atoms in total. The van der Waals surface area contributed by atoms with Gasteiger partial charge in [-0.1, -0.05) is 6.07 Å². The van der Waals surface area contributed by atoms with Crippen LogP contribution in [0.4, 0.5) is 0 Å². The van der Waals surface area contributed by atoms with Crippen molar-refractivity contribution in [3.05, 3.63) is 65.6 Å². The molecule has 3 aromatic heterocycles. The van der Waals surface area contributed by atoms with Crippen LogP contribution in [-0.2, 0) is 5.60 Å². The number of hydrogen-bond acceptors (Lipinski definition) is 5. The molecule has 1 unspecified atom stereocenters. The molecule has 22 heavy (non-hydrogen) atoms. The molecule has 0 radical (unpaired) electrons. The topological polar surface area (TPSA) is 49.3 Å². The largest absolute Gasteiger partial charge is 0.378 e. The van der Waals surface area contributed by atoms with Crippen LogP contribution in [0.5, 0.6) is 0 Å². The molecule has 0 aliphatic carbocycles. The van der Waals surface area contributed by atoms with Gasteiger partial charge in [-0.15, -0.1) is 22.7 Å². The van der Waals surface area contributed by atoms with Crippen molar-refractivity contribution in [3.8, 4) is 0 Å². The van der Waals surface area contributed by atoms with Gasteiger partial charge < -0.3 is 10.4 Å². The maximum Gasteiger partial charge on any atom is 0.261 e. The van der Waals surface area contributed by atoms with E-state index in [1.165, 1.54) is 34.0 Å². The van der Waals surface area contributed by atoms with E-state index in [0.29, 0.717) is 4.88 Å². The molecule has 0 saturated heterocycles. The molecule has 0 bridgehead atoms. The van der Waals surface area contributed by atoms with Crippen molar-refractivity contribution in [1.82, 2.24) is 5.32 Å². The molecule has 114 valence electrons. The van der Waals surface area contributed by atoms with Gasteiger partial charge in [-0.25, -0.2) is 0 Å². The Morgan fingerprint density at radius 2 is 2.14 bits per heavy atom. The maximum atomic E-state index is 12.2. The van der Waals surface area contributed by atoms with Crippen molar-refractivity contribution in [3.63, 3.8) is 0 Å². The smallest absolute Gasteiger partial charge is 0.261 e. The number of nitrogens with one attached hydrogen (secondary N) is 1. The van der Waals surface area contributed by atoms with E-state index in [-0.39, 0.29) is 12.5 Å². The zero-order valence-corrected chi connectivity index (χ0v) is 15.3. The summed E-state index contributed by atoms with van der Waals surface area (Å²) in [5.74, 6) is -0.180. The van der Waals surface area contributed by atoms with Crippen LogP contribution in [0.2, 0.25) is 0 Å². The first kappa shape index (κ1) is 15.9. The molecule has 1 amide bonds. The molecule has 0 aromatic carbocycles. The number of rotatable bonds is 5. The van der Waals surface area contributed by atoms with Crippen molar-refractivity contribution >= 4 is 55.8 Å². The van der Waals surface area contributed by atoms with Crippen LogP contribution in [-0.4, -0.2) is 17.6 Å². The lowest BCUT2D eigenvalue weighted by Gasteiger charge is -2.26. The summed E-state index contributed by atoms with van der Waals surface area (Å²) in [5.41, 5.74) is -0.397. The van der Waals surface area contributed by atoms with E-state index in [1.807, 2.05) is 39.7 Å². The molecule has 3 heterocycles. The first-order valence-electron chi connectivity index (χ1n) is 6.41. The van der Waals surface area contributed by atoms with Gasteiger partial charge in [-0.2, -0.15) is 11.3 Å². The monoisotopic (exact) mass is 413 g/mol. The molecule has 3 rings (SSSR count). The quantitative estimate of drug-likeness (QED) is 0.654. The Morgan fingerprint density at radius 1 is 1.27 bits per heavy atom. The first-order chi connectivity index (χ1) is 10.6. The third kappa shape index (κ3) is 3.18. The van der Waals surface area contributed by atoms with Crippen molar-refractivity contribution in [2.45, 2.75) is 5.60 Å². The van der Waals surface area contributed by atoms with Crippen molar-refractivity contribution < 1.29 is 9.90 Å². The third-order valence-corrected chi connectivity index (χ3v) is 6.62. The van der Waals surface area contributed by atoms with Gasteiger partial charge in [-0.05, 0) is 50.3 Å². The van der Waals surface area contributed by atoms with Crippen molar-refractivity contribution in [2.24, 2.45) is 0 Å². The minimum atomic E-state index is -1.20. The van der Waals surface area contributed by atoms with Gasteiger partial charge in [0.2, 0.25) is 0 Å². The fourth-order valence-electron chi connectivity index (χ4n) is 2.07. The molecule has 0 fully saturated rings. The van der Waals surface area contributed by atoms with Crippen LogP contribution in [0.3, 0.4) is 0 Å². The Labute approximate surface area is 148 Å². The highest BCUT2D eigenvalue weighted by Crippen LogP contribution is 2.33. The summed E-state index contributed by atoms with van der Waals surface area (Å²) < 4.78 is 0.883. The van der Waals surface area contributed by atoms with Crippen LogP contribution in [0.25, 0.3) is 0 Å². The molecule has 0 saturated carbocycles. The molecule has 0 aliphatic heterocycles. The summed E-state index contributed by atoms with van der Waals surface area (Å²) in [6, 6.07) is 7.44. The van der Waals surface area contributed by atoms with Gasteiger partial charge in [-0.3, -0.25) is 4.79 Å². The number of thiophene rings is 3. The second-order valence-corrected chi connectivity index (χ2v) is 8.22. The fourth-order valence-corrected chi connectivity index (χ4v) is 4.98. The summed E-state index contributed by atoms with van der Waals surface area (Å²) in [6.45, 7) is 0.137. The summed E-state index contributed by atoms with van der Waals surface area (Å²) >= 11 is 7.71. The van der Waals surface area contributed by atoms with Crippen LogP contribution >= 0.6 is 49.9 Å². The Hall–Kier alpha value is -0.990. The summed E-state index contributed by atoms with van der Waals surface area (Å²) in [6.07, 6.45) is 0. The molecular formula is C15H12BrNO2S3. The zero-order valence-electron chi connectivity index (χ0n) is 11.3. The van der Waals surface area contributed by atoms with E-state index in [2.05, 4.69) is 21.2 Å². The number of halogens is 1. The van der Waals surface area contributed by atoms with E-state index in [4.69, 9.17) is 0 Å². The lowest BCUT2D eigenvalue weighted by molar-refractivity contribution is 0.0723. The molecule has 1 atom stereocenters. The molecular weight excluding hydrogens is 402 g/mol. The summed E-state index contributed by atoms with van der Waals surface area (Å²) in [7, 11) is 0. The SMILES string of the molecule is O=C(NCC(O)(c1ccsc1)c1cccs1)c1cc(Br)cs1. The maximum absolute atomic E-state index is 12.2. The Morgan fingerprint density at radius 3 is 2.73 bits per heavy atom. The lowest BCUT2D eigenvalue weighted by atomic mass is 9.94. The third-order valence-electron chi connectivity index (χ3n) is 3.22. The predicted octanol–water partition coefficient (Wildman–Crippen LogP) is 4.30. The van der Waals surface area contributed by atoms with Gasteiger partial charge in [0, 0.05) is 20.3 Å². The highest BCUT2D eigenvalue weighted by Gasteiger charge is 2.33. The van der Waals surface area contributed by atoms with E-state index in [9.17, 15) is 9.90 Å². The molecule has 3 aromatic rings. The minimum Gasteiger partial charge on any atom is -0.378 e. The highest BCUT2D eigenvalue weighted by atomic mass is 79.9. The van der Waals surface area contributed by atoms with Crippen molar-refractivity contribution in [1.29, 1.82) is 0 Å². The average molecular weight is 414 g/mol.